The number of nitrogens with one attached hydrogen (secondary N) is 1. The van der Waals surface area contributed by atoms with E-state index in [1.54, 1.807) is 38.2 Å². The number of carbonyl (C=O) groups excluding carboxylic acids is 3. The van der Waals surface area contributed by atoms with Crippen molar-refractivity contribution in [3.8, 4) is 0 Å². The maximum Gasteiger partial charge on any atom is 0.226 e. The lowest BCUT2D eigenvalue weighted by Crippen LogP contribution is -2.20. The molecule has 1 heterocycles. The van der Waals surface area contributed by atoms with Crippen LogP contribution in [-0.2, 0) is 14.4 Å². The van der Waals surface area contributed by atoms with Crippen LogP contribution in [0.3, 0.4) is 0 Å². The molecule has 0 aliphatic heterocycles. The van der Waals surface area contributed by atoms with Crippen LogP contribution in [0, 0.1) is 5.92 Å². The van der Waals surface area contributed by atoms with E-state index in [0.29, 0.717) is 22.2 Å². The van der Waals surface area contributed by atoms with Gasteiger partial charge in [0.15, 0.2) is 0 Å². The minimum atomic E-state index is -0.809. The molecule has 0 radical (unpaired) electrons. The van der Waals surface area contributed by atoms with Crippen molar-refractivity contribution in [3.63, 3.8) is 0 Å². The molecule has 0 saturated heterocycles. The van der Waals surface area contributed by atoms with Gasteiger partial charge in [-0.15, -0.1) is 0 Å². The number of Topliss-reactive ketones (excluding diaryl/α,β-unsaturated/α-hetero) is 2. The van der Waals surface area contributed by atoms with Crippen molar-refractivity contribution in [3.05, 3.63) is 36.0 Å². The molecule has 0 unspecified atom stereocenters. The van der Waals surface area contributed by atoms with E-state index >= 15 is 0 Å². The lowest BCUT2D eigenvalue weighted by atomic mass is 9.88. The van der Waals surface area contributed by atoms with Gasteiger partial charge in [0, 0.05) is 17.5 Å². The van der Waals surface area contributed by atoms with Crippen molar-refractivity contribution in [2.75, 3.05) is 5.32 Å². The second-order valence-corrected chi connectivity index (χ2v) is 5.90. The molecule has 2 aromatic rings. The Morgan fingerprint density at radius 2 is 1.70 bits per heavy atom. The third-order valence-electron chi connectivity index (χ3n) is 3.71. The van der Waals surface area contributed by atoms with Crippen molar-refractivity contribution < 1.29 is 14.4 Å². The molecule has 0 aliphatic rings. The number of hydrogen-bond donors (Lipinski definition) is 1. The summed E-state index contributed by atoms with van der Waals surface area (Å²) in [5.41, 5.74) is 1.77. The largest absolute Gasteiger partial charge is 0.324 e. The third-order valence-corrected chi connectivity index (χ3v) is 3.71. The van der Waals surface area contributed by atoms with E-state index in [4.69, 9.17) is 0 Å². The fourth-order valence-electron chi connectivity index (χ4n) is 2.55. The fraction of sp³-hybridized carbons (Fsp3) is 0.333. The van der Waals surface area contributed by atoms with Crippen molar-refractivity contribution in [1.82, 2.24) is 4.98 Å². The Labute approximate surface area is 135 Å². The number of anilines is 1. The van der Waals surface area contributed by atoms with Crippen LogP contribution in [0.1, 0.15) is 39.2 Å². The molecule has 5 heteroatoms. The van der Waals surface area contributed by atoms with Gasteiger partial charge in [-0.1, -0.05) is 26.0 Å². The molecular weight excluding hydrogens is 292 g/mol. The number of pyridine rings is 1. The van der Waals surface area contributed by atoms with Crippen LogP contribution in [0.2, 0.25) is 0 Å². The van der Waals surface area contributed by atoms with E-state index < -0.39 is 5.92 Å². The summed E-state index contributed by atoms with van der Waals surface area (Å²) in [5.74, 6) is -1.49. The van der Waals surface area contributed by atoms with E-state index in [0.717, 1.165) is 0 Å². The molecule has 0 saturated carbocycles. The Morgan fingerprint density at radius 1 is 1.04 bits per heavy atom. The average Bonchev–Trinajstić information content (AvgIpc) is 2.48. The van der Waals surface area contributed by atoms with Gasteiger partial charge in [-0.2, -0.15) is 0 Å². The molecule has 1 aromatic carbocycles. The van der Waals surface area contributed by atoms with E-state index in [1.807, 2.05) is 6.07 Å². The maximum absolute atomic E-state index is 11.9. The number of amides is 1. The standard InChI is InChI=1S/C18H20N2O3/c1-10(2)18(23)20-15-8-7-13(16(11(3)21)12(4)22)14-6-5-9-19-17(14)15/h5-10,16H,1-4H3,(H,20,23). The van der Waals surface area contributed by atoms with E-state index in [1.165, 1.54) is 13.8 Å². The van der Waals surface area contributed by atoms with E-state index in [-0.39, 0.29) is 23.4 Å². The van der Waals surface area contributed by atoms with Crippen LogP contribution in [0.5, 0.6) is 0 Å². The molecule has 23 heavy (non-hydrogen) atoms. The van der Waals surface area contributed by atoms with Gasteiger partial charge in [0.25, 0.3) is 0 Å². The van der Waals surface area contributed by atoms with Crippen LogP contribution in [0.4, 0.5) is 5.69 Å². The van der Waals surface area contributed by atoms with Crippen LogP contribution >= 0.6 is 0 Å². The van der Waals surface area contributed by atoms with Crippen LogP contribution in [-0.4, -0.2) is 22.5 Å². The monoisotopic (exact) mass is 312 g/mol. The van der Waals surface area contributed by atoms with Crippen LogP contribution < -0.4 is 5.32 Å². The zero-order valence-electron chi connectivity index (χ0n) is 13.7. The second kappa shape index (κ2) is 6.69. The average molecular weight is 312 g/mol. The zero-order valence-corrected chi connectivity index (χ0v) is 13.7. The first-order valence-corrected chi connectivity index (χ1v) is 7.52. The topological polar surface area (TPSA) is 76.1 Å². The van der Waals surface area contributed by atoms with E-state index in [9.17, 15) is 14.4 Å². The van der Waals surface area contributed by atoms with Gasteiger partial charge in [-0.25, -0.2) is 0 Å². The minimum absolute atomic E-state index is 0.112. The van der Waals surface area contributed by atoms with Crippen molar-refractivity contribution >= 4 is 34.1 Å². The van der Waals surface area contributed by atoms with Crippen molar-refractivity contribution in [2.24, 2.45) is 5.92 Å². The Kier molecular flexibility index (Phi) is 4.89. The predicted octanol–water partition coefficient (Wildman–Crippen LogP) is 3.09. The highest BCUT2D eigenvalue weighted by atomic mass is 16.2. The van der Waals surface area contributed by atoms with Crippen LogP contribution in [0.25, 0.3) is 10.9 Å². The summed E-state index contributed by atoms with van der Waals surface area (Å²) in [7, 11) is 0. The number of hydrogen-bond acceptors (Lipinski definition) is 4. The normalized spacial score (nSPS) is 11.0. The fourth-order valence-corrected chi connectivity index (χ4v) is 2.55. The van der Waals surface area contributed by atoms with Crippen molar-refractivity contribution in [2.45, 2.75) is 33.6 Å². The summed E-state index contributed by atoms with van der Waals surface area (Å²) in [5, 5.41) is 3.54. The lowest BCUT2D eigenvalue weighted by molar-refractivity contribution is -0.127. The first kappa shape index (κ1) is 16.8. The highest BCUT2D eigenvalue weighted by Gasteiger charge is 2.24. The Bertz CT molecular complexity index is 767. The first-order chi connectivity index (χ1) is 10.8. The highest BCUT2D eigenvalue weighted by molar-refractivity contribution is 6.10. The summed E-state index contributed by atoms with van der Waals surface area (Å²) >= 11 is 0. The van der Waals surface area contributed by atoms with Gasteiger partial charge in [0.2, 0.25) is 5.91 Å². The molecule has 0 atom stereocenters. The second-order valence-electron chi connectivity index (χ2n) is 5.90. The molecule has 1 N–H and O–H groups in total. The Balaban J connectivity index is 2.61. The zero-order chi connectivity index (χ0) is 17.1. The number of fused-ring (bicyclic) bond motifs is 1. The molecule has 0 aliphatic carbocycles. The molecule has 0 spiro atoms. The maximum atomic E-state index is 11.9. The summed E-state index contributed by atoms with van der Waals surface area (Å²) < 4.78 is 0. The van der Waals surface area contributed by atoms with Gasteiger partial charge in [0.1, 0.15) is 17.5 Å². The number of benzene rings is 1. The van der Waals surface area contributed by atoms with Gasteiger partial charge in [-0.3, -0.25) is 19.4 Å². The number of aromatic nitrogens is 1. The molecule has 1 aromatic heterocycles. The van der Waals surface area contributed by atoms with Crippen LogP contribution in [0.15, 0.2) is 30.5 Å². The quantitative estimate of drug-likeness (QED) is 0.861. The molecule has 0 fully saturated rings. The third kappa shape index (κ3) is 3.44. The predicted molar refractivity (Wildman–Crippen MR) is 89.3 cm³/mol. The number of nitrogens with zero attached hydrogens (tertiary/aromatic N) is 1. The van der Waals surface area contributed by atoms with Crippen molar-refractivity contribution in [1.29, 1.82) is 0 Å². The van der Waals surface area contributed by atoms with Gasteiger partial charge in [-0.05, 0) is 31.5 Å². The van der Waals surface area contributed by atoms with Gasteiger partial charge >= 0.3 is 0 Å². The number of carbonyl (C=O) groups is 3. The van der Waals surface area contributed by atoms with Gasteiger partial charge in [0.05, 0.1) is 11.2 Å². The molecular formula is C18H20N2O3. The lowest BCUT2D eigenvalue weighted by Gasteiger charge is -2.16. The Morgan fingerprint density at radius 3 is 2.26 bits per heavy atom. The SMILES string of the molecule is CC(=O)C(C(C)=O)c1ccc(NC(=O)C(C)C)c2ncccc12. The molecule has 2 rings (SSSR count). The first-order valence-electron chi connectivity index (χ1n) is 7.52. The molecule has 120 valence electrons. The van der Waals surface area contributed by atoms with Gasteiger partial charge < -0.3 is 5.32 Å². The highest BCUT2D eigenvalue weighted by Crippen LogP contribution is 2.31. The number of rotatable bonds is 5. The van der Waals surface area contributed by atoms with E-state index in [2.05, 4.69) is 10.3 Å². The summed E-state index contributed by atoms with van der Waals surface area (Å²) in [6.45, 7) is 6.42. The molecule has 0 bridgehead atoms. The molecule has 5 nitrogen and oxygen atoms in total. The minimum Gasteiger partial charge on any atom is -0.324 e. The summed E-state index contributed by atoms with van der Waals surface area (Å²) in [4.78, 5) is 40.0. The smallest absolute Gasteiger partial charge is 0.226 e. The Hall–Kier alpha value is -2.56. The molecule has 1 amide bonds. The summed E-state index contributed by atoms with van der Waals surface area (Å²) in [6, 6.07) is 6.97. The number of ketones is 2. The summed E-state index contributed by atoms with van der Waals surface area (Å²) in [6.07, 6.45) is 1.62.